The molecule has 2 saturated heterocycles. The average Bonchev–Trinajstić information content (AvgIpc) is 2.73. The summed E-state index contributed by atoms with van der Waals surface area (Å²) in [5.74, 6) is 1.35. The first kappa shape index (κ1) is 20.7. The summed E-state index contributed by atoms with van der Waals surface area (Å²) >= 11 is 0. The van der Waals surface area contributed by atoms with E-state index in [0.717, 1.165) is 57.4 Å². The Morgan fingerprint density at radius 1 is 1.21 bits per heavy atom. The van der Waals surface area contributed by atoms with Crippen molar-refractivity contribution in [3.05, 3.63) is 29.8 Å². The molecular weight excluding hydrogens is 358 g/mol. The van der Waals surface area contributed by atoms with Crippen LogP contribution >= 0.6 is 0 Å². The Morgan fingerprint density at radius 3 is 2.75 bits per heavy atom. The van der Waals surface area contributed by atoms with Gasteiger partial charge in [0.2, 0.25) is 5.91 Å². The zero-order valence-electron chi connectivity index (χ0n) is 16.9. The molecule has 154 valence electrons. The van der Waals surface area contributed by atoms with Gasteiger partial charge in [-0.3, -0.25) is 4.79 Å². The maximum Gasteiger partial charge on any atom is 0.246 e. The Bertz CT molecular complexity index is 663. The molecule has 0 bridgehead atoms. The lowest BCUT2D eigenvalue weighted by atomic mass is 10.1. The Kier molecular flexibility index (Phi) is 7.74. The van der Waals surface area contributed by atoms with Crippen molar-refractivity contribution in [3.8, 4) is 11.5 Å². The van der Waals surface area contributed by atoms with Gasteiger partial charge in [-0.15, -0.1) is 0 Å². The van der Waals surface area contributed by atoms with Crippen molar-refractivity contribution in [1.82, 2.24) is 4.90 Å². The SMILES string of the molecule is COc1ccc(/C=C/C(=O)N2CCCCC2)c(OC(C)OC2CCCCO2)c1. The van der Waals surface area contributed by atoms with Crippen LogP contribution in [0.25, 0.3) is 6.08 Å². The van der Waals surface area contributed by atoms with Gasteiger partial charge in [-0.2, -0.15) is 0 Å². The van der Waals surface area contributed by atoms with Gasteiger partial charge < -0.3 is 23.8 Å². The van der Waals surface area contributed by atoms with Crippen molar-refractivity contribution in [2.24, 2.45) is 0 Å². The Morgan fingerprint density at radius 2 is 2.04 bits per heavy atom. The van der Waals surface area contributed by atoms with Crippen LogP contribution in [0.15, 0.2) is 24.3 Å². The van der Waals surface area contributed by atoms with E-state index in [1.165, 1.54) is 6.42 Å². The molecule has 0 saturated carbocycles. The quantitative estimate of drug-likeness (QED) is 0.521. The molecule has 2 aliphatic rings. The van der Waals surface area contributed by atoms with Gasteiger partial charge >= 0.3 is 0 Å². The highest BCUT2D eigenvalue weighted by Crippen LogP contribution is 2.28. The number of amides is 1. The Balaban J connectivity index is 1.66. The van der Waals surface area contributed by atoms with E-state index in [9.17, 15) is 4.79 Å². The van der Waals surface area contributed by atoms with Crippen LogP contribution in [0.3, 0.4) is 0 Å². The molecule has 2 aliphatic heterocycles. The number of methoxy groups -OCH3 is 1. The fourth-order valence-corrected chi connectivity index (χ4v) is 3.50. The van der Waals surface area contributed by atoms with Crippen LogP contribution in [0.4, 0.5) is 0 Å². The smallest absolute Gasteiger partial charge is 0.246 e. The maximum atomic E-state index is 12.4. The van der Waals surface area contributed by atoms with Gasteiger partial charge in [0.25, 0.3) is 0 Å². The number of carbonyl (C=O) groups is 1. The highest BCUT2D eigenvalue weighted by Gasteiger charge is 2.19. The number of hydrogen-bond acceptors (Lipinski definition) is 5. The number of piperidine rings is 1. The summed E-state index contributed by atoms with van der Waals surface area (Å²) in [7, 11) is 1.62. The molecule has 0 radical (unpaired) electrons. The average molecular weight is 389 g/mol. The molecule has 1 aromatic rings. The van der Waals surface area contributed by atoms with E-state index < -0.39 is 6.29 Å². The second kappa shape index (κ2) is 10.5. The van der Waals surface area contributed by atoms with Crippen molar-refractivity contribution in [1.29, 1.82) is 0 Å². The Labute approximate surface area is 167 Å². The molecule has 28 heavy (non-hydrogen) atoms. The minimum Gasteiger partial charge on any atom is -0.497 e. The molecule has 3 rings (SSSR count). The topological polar surface area (TPSA) is 57.2 Å². The molecular formula is C22H31NO5. The van der Waals surface area contributed by atoms with E-state index >= 15 is 0 Å². The van der Waals surface area contributed by atoms with Crippen molar-refractivity contribution in [3.63, 3.8) is 0 Å². The number of likely N-dealkylation sites (tertiary alicyclic amines) is 1. The molecule has 0 N–H and O–H groups in total. The van der Waals surface area contributed by atoms with E-state index in [1.54, 1.807) is 19.3 Å². The number of hydrogen-bond donors (Lipinski definition) is 0. The molecule has 2 atom stereocenters. The van der Waals surface area contributed by atoms with Crippen molar-refractivity contribution in [2.75, 3.05) is 26.8 Å². The molecule has 0 aliphatic carbocycles. The number of rotatable bonds is 7. The van der Waals surface area contributed by atoms with Gasteiger partial charge in [-0.1, -0.05) is 0 Å². The third kappa shape index (κ3) is 5.97. The van der Waals surface area contributed by atoms with Crippen LogP contribution in [-0.4, -0.2) is 50.2 Å². The summed E-state index contributed by atoms with van der Waals surface area (Å²) in [4.78, 5) is 14.3. The standard InChI is InChI=1S/C22H31NO5/c1-17(28-22-8-4-7-15-26-22)27-20-16-19(25-2)11-9-18(20)10-12-21(24)23-13-5-3-6-14-23/h9-12,16-17,22H,3-8,13-15H2,1-2H3/b12-10+. The Hall–Kier alpha value is -2.05. The third-order valence-corrected chi connectivity index (χ3v) is 5.07. The molecule has 1 aromatic carbocycles. The lowest BCUT2D eigenvalue weighted by molar-refractivity contribution is -0.225. The van der Waals surface area contributed by atoms with E-state index in [-0.39, 0.29) is 12.2 Å². The molecule has 2 heterocycles. The minimum absolute atomic E-state index is 0.0429. The molecule has 6 nitrogen and oxygen atoms in total. The summed E-state index contributed by atoms with van der Waals surface area (Å²) in [6.07, 6.45) is 9.13. The lowest BCUT2D eigenvalue weighted by Gasteiger charge is -2.26. The fraction of sp³-hybridized carbons (Fsp3) is 0.591. The van der Waals surface area contributed by atoms with Crippen LogP contribution in [0, 0.1) is 0 Å². The second-order valence-corrected chi connectivity index (χ2v) is 7.24. The van der Waals surface area contributed by atoms with E-state index in [1.807, 2.05) is 30.0 Å². The number of nitrogens with zero attached hydrogens (tertiary/aromatic N) is 1. The molecule has 2 fully saturated rings. The van der Waals surface area contributed by atoms with Gasteiger partial charge in [0.05, 0.1) is 7.11 Å². The van der Waals surface area contributed by atoms with Crippen molar-refractivity contribution in [2.45, 2.75) is 58.0 Å². The van der Waals surface area contributed by atoms with Crippen LogP contribution in [0.5, 0.6) is 11.5 Å². The monoisotopic (exact) mass is 389 g/mol. The number of carbonyl (C=O) groups excluding carboxylic acids is 1. The molecule has 0 aromatic heterocycles. The molecule has 2 unspecified atom stereocenters. The van der Waals surface area contributed by atoms with Gasteiger partial charge in [0, 0.05) is 37.4 Å². The summed E-state index contributed by atoms with van der Waals surface area (Å²) < 4.78 is 22.8. The largest absolute Gasteiger partial charge is 0.497 e. The van der Waals surface area contributed by atoms with E-state index in [2.05, 4.69) is 0 Å². The molecule has 6 heteroatoms. The van der Waals surface area contributed by atoms with Gasteiger partial charge in [0.1, 0.15) is 11.5 Å². The number of benzene rings is 1. The van der Waals surface area contributed by atoms with E-state index in [4.69, 9.17) is 18.9 Å². The number of ether oxygens (including phenoxy) is 4. The normalized spacial score (nSPS) is 21.5. The van der Waals surface area contributed by atoms with Crippen molar-refractivity contribution >= 4 is 12.0 Å². The zero-order chi connectivity index (χ0) is 19.8. The van der Waals surface area contributed by atoms with Crippen LogP contribution < -0.4 is 9.47 Å². The summed E-state index contributed by atoms with van der Waals surface area (Å²) in [5, 5.41) is 0. The lowest BCUT2D eigenvalue weighted by Crippen LogP contribution is -2.34. The fourth-order valence-electron chi connectivity index (χ4n) is 3.50. The molecule has 1 amide bonds. The van der Waals surface area contributed by atoms with Gasteiger partial charge in [-0.25, -0.2) is 0 Å². The van der Waals surface area contributed by atoms with Gasteiger partial charge in [-0.05, 0) is 63.7 Å². The van der Waals surface area contributed by atoms with Crippen LogP contribution in [-0.2, 0) is 14.3 Å². The highest BCUT2D eigenvalue weighted by molar-refractivity contribution is 5.92. The summed E-state index contributed by atoms with van der Waals surface area (Å²) in [6, 6.07) is 5.55. The van der Waals surface area contributed by atoms with Crippen LogP contribution in [0.1, 0.15) is 51.0 Å². The first-order valence-corrected chi connectivity index (χ1v) is 10.2. The molecule has 0 spiro atoms. The third-order valence-electron chi connectivity index (χ3n) is 5.07. The predicted octanol–water partition coefficient (Wildman–Crippen LogP) is 3.99. The van der Waals surface area contributed by atoms with Crippen LogP contribution in [0.2, 0.25) is 0 Å². The zero-order valence-corrected chi connectivity index (χ0v) is 16.9. The second-order valence-electron chi connectivity index (χ2n) is 7.24. The van der Waals surface area contributed by atoms with Crippen molar-refractivity contribution < 1.29 is 23.7 Å². The predicted molar refractivity (Wildman–Crippen MR) is 107 cm³/mol. The highest BCUT2D eigenvalue weighted by atomic mass is 16.8. The first-order chi connectivity index (χ1) is 13.7. The van der Waals surface area contributed by atoms with Gasteiger partial charge in [0.15, 0.2) is 12.6 Å². The maximum absolute atomic E-state index is 12.4. The first-order valence-electron chi connectivity index (χ1n) is 10.2. The summed E-state index contributed by atoms with van der Waals surface area (Å²) in [5.41, 5.74) is 0.811. The summed E-state index contributed by atoms with van der Waals surface area (Å²) in [6.45, 7) is 4.25. The van der Waals surface area contributed by atoms with E-state index in [0.29, 0.717) is 11.5 Å². The minimum atomic E-state index is -0.472.